The lowest BCUT2D eigenvalue weighted by molar-refractivity contribution is 0.154. The van der Waals surface area contributed by atoms with E-state index in [9.17, 15) is 14.7 Å². The van der Waals surface area contributed by atoms with Crippen molar-refractivity contribution in [3.05, 3.63) is 40.4 Å². The summed E-state index contributed by atoms with van der Waals surface area (Å²) in [7, 11) is 1.52. The van der Waals surface area contributed by atoms with Gasteiger partial charge >= 0.3 is 6.09 Å². The lowest BCUT2D eigenvalue weighted by atomic mass is 10.1. The number of aromatic nitrogens is 4. The number of nitrogen functional groups attached to an aromatic ring is 1. The van der Waals surface area contributed by atoms with Gasteiger partial charge < -0.3 is 20.5 Å². The molecule has 1 amide bonds. The number of likely N-dealkylation sites (tertiary alicyclic amines) is 1. The van der Waals surface area contributed by atoms with Crippen LogP contribution in [0.4, 0.5) is 10.7 Å². The molecule has 10 nitrogen and oxygen atoms in total. The van der Waals surface area contributed by atoms with Crippen molar-refractivity contribution in [2.24, 2.45) is 0 Å². The number of aryl methyl sites for hydroxylation is 1. The quantitative estimate of drug-likeness (QED) is 0.682. The molecule has 1 fully saturated rings. The molecule has 29 heavy (non-hydrogen) atoms. The van der Waals surface area contributed by atoms with E-state index < -0.39 is 6.09 Å². The summed E-state index contributed by atoms with van der Waals surface area (Å²) in [5.41, 5.74) is 7.65. The van der Waals surface area contributed by atoms with E-state index in [0.29, 0.717) is 46.7 Å². The molecule has 1 saturated heterocycles. The van der Waals surface area contributed by atoms with Gasteiger partial charge in [0.15, 0.2) is 0 Å². The number of ether oxygens (including phenoxy) is 1. The lowest BCUT2D eigenvalue weighted by Crippen LogP contribution is -2.31. The van der Waals surface area contributed by atoms with Gasteiger partial charge in [0.2, 0.25) is 11.8 Å². The lowest BCUT2D eigenvalue weighted by Gasteiger charge is -2.19. The van der Waals surface area contributed by atoms with Crippen LogP contribution in [-0.2, 0) is 0 Å². The summed E-state index contributed by atoms with van der Waals surface area (Å²) >= 11 is 0. The maximum atomic E-state index is 13.5. The van der Waals surface area contributed by atoms with Gasteiger partial charge in [-0.05, 0) is 25.5 Å². The van der Waals surface area contributed by atoms with Gasteiger partial charge in [-0.1, -0.05) is 0 Å². The maximum absolute atomic E-state index is 13.5. The number of pyridine rings is 2. The molecule has 4 heterocycles. The van der Waals surface area contributed by atoms with Gasteiger partial charge in [-0.2, -0.15) is 4.98 Å². The Morgan fingerprint density at radius 3 is 2.76 bits per heavy atom. The molecule has 10 heteroatoms. The van der Waals surface area contributed by atoms with Gasteiger partial charge in [0.25, 0.3) is 5.56 Å². The number of carboxylic acid groups (broad SMARTS) is 1. The Morgan fingerprint density at radius 2 is 2.14 bits per heavy atom. The number of hydrogen-bond donors (Lipinski definition) is 2. The molecular formula is C19H20N6O4. The van der Waals surface area contributed by atoms with Crippen LogP contribution in [0.15, 0.2) is 29.2 Å². The molecule has 0 spiro atoms. The van der Waals surface area contributed by atoms with E-state index >= 15 is 0 Å². The largest absolute Gasteiger partial charge is 0.481 e. The molecule has 3 N–H and O–H groups in total. The SMILES string of the molecule is COc1ccc(-c2cc3c(C)nc(N)nc3n(C3CCN(C(=O)O)C3)c2=O)cn1. The fourth-order valence-corrected chi connectivity index (χ4v) is 3.70. The topological polar surface area (TPSA) is 136 Å². The third-order valence-corrected chi connectivity index (χ3v) is 5.15. The van der Waals surface area contributed by atoms with Crippen molar-refractivity contribution in [2.75, 3.05) is 25.9 Å². The summed E-state index contributed by atoms with van der Waals surface area (Å²) < 4.78 is 6.63. The Morgan fingerprint density at radius 1 is 1.34 bits per heavy atom. The fourth-order valence-electron chi connectivity index (χ4n) is 3.70. The Hall–Kier alpha value is -3.69. The molecule has 0 aliphatic carbocycles. The van der Waals surface area contributed by atoms with Gasteiger partial charge in [0.1, 0.15) is 5.65 Å². The third kappa shape index (κ3) is 3.22. The summed E-state index contributed by atoms with van der Waals surface area (Å²) in [6, 6.07) is 4.82. The second kappa shape index (κ2) is 7.04. The number of nitrogens with two attached hydrogens (primary N) is 1. The minimum absolute atomic E-state index is 0.0649. The molecule has 1 aliphatic heterocycles. The first-order valence-corrected chi connectivity index (χ1v) is 9.06. The van der Waals surface area contributed by atoms with Gasteiger partial charge in [-0.15, -0.1) is 0 Å². The molecule has 1 aliphatic rings. The van der Waals surface area contributed by atoms with E-state index in [2.05, 4.69) is 15.0 Å². The fraction of sp³-hybridized carbons (Fsp3) is 0.316. The first-order chi connectivity index (χ1) is 13.9. The smallest absolute Gasteiger partial charge is 0.407 e. The van der Waals surface area contributed by atoms with Crippen molar-refractivity contribution in [3.63, 3.8) is 0 Å². The molecule has 1 unspecified atom stereocenters. The number of hydrogen-bond acceptors (Lipinski definition) is 7. The second-order valence-electron chi connectivity index (χ2n) is 6.90. The van der Waals surface area contributed by atoms with Crippen molar-refractivity contribution < 1.29 is 14.6 Å². The minimum atomic E-state index is -1.01. The zero-order chi connectivity index (χ0) is 20.7. The molecule has 3 aromatic rings. The first-order valence-electron chi connectivity index (χ1n) is 9.06. The van der Waals surface area contributed by atoms with E-state index in [0.717, 1.165) is 0 Å². The van der Waals surface area contributed by atoms with Crippen LogP contribution in [0.2, 0.25) is 0 Å². The first kappa shape index (κ1) is 18.7. The molecule has 1 atom stereocenters. The van der Waals surface area contributed by atoms with Crippen LogP contribution in [0.3, 0.4) is 0 Å². The molecule has 0 aromatic carbocycles. The van der Waals surface area contributed by atoms with E-state index in [1.165, 1.54) is 12.0 Å². The predicted molar refractivity (Wildman–Crippen MR) is 106 cm³/mol. The third-order valence-electron chi connectivity index (χ3n) is 5.15. The standard InChI is InChI=1S/C19H20N6O4/c1-10-13-7-14(11-3-4-15(29-2)21-8-11)17(26)25(16(13)23-18(20)22-10)12-5-6-24(9-12)19(27)28/h3-4,7-8,12H,5-6,9H2,1-2H3,(H,27,28)(H2,20,22,23). The number of nitrogens with zero attached hydrogens (tertiary/aromatic N) is 5. The Bertz CT molecular complexity index is 1160. The minimum Gasteiger partial charge on any atom is -0.481 e. The second-order valence-corrected chi connectivity index (χ2v) is 6.90. The van der Waals surface area contributed by atoms with Crippen LogP contribution < -0.4 is 16.0 Å². The highest BCUT2D eigenvalue weighted by Gasteiger charge is 2.30. The zero-order valence-electron chi connectivity index (χ0n) is 16.0. The van der Waals surface area contributed by atoms with Crippen LogP contribution in [0.5, 0.6) is 5.88 Å². The molecule has 0 radical (unpaired) electrons. The highest BCUT2D eigenvalue weighted by Crippen LogP contribution is 2.28. The summed E-state index contributed by atoms with van der Waals surface area (Å²) in [6.45, 7) is 2.35. The van der Waals surface area contributed by atoms with Crippen LogP contribution in [-0.4, -0.2) is 55.8 Å². The average Bonchev–Trinajstić information content (AvgIpc) is 3.18. The number of anilines is 1. The van der Waals surface area contributed by atoms with Gasteiger partial charge in [0.05, 0.1) is 18.8 Å². The van der Waals surface area contributed by atoms with Crippen molar-refractivity contribution >= 4 is 23.1 Å². The Kier molecular flexibility index (Phi) is 4.53. The molecular weight excluding hydrogens is 376 g/mol. The Balaban J connectivity index is 1.95. The maximum Gasteiger partial charge on any atom is 0.407 e. The van der Waals surface area contributed by atoms with Crippen LogP contribution in [0.1, 0.15) is 18.2 Å². The molecule has 150 valence electrons. The monoisotopic (exact) mass is 396 g/mol. The summed E-state index contributed by atoms with van der Waals surface area (Å²) in [5.74, 6) is 0.505. The number of methoxy groups -OCH3 is 1. The summed E-state index contributed by atoms with van der Waals surface area (Å²) in [6.07, 6.45) is 1.07. The van der Waals surface area contributed by atoms with Crippen molar-refractivity contribution in [2.45, 2.75) is 19.4 Å². The van der Waals surface area contributed by atoms with Gasteiger partial charge in [0, 0.05) is 41.9 Å². The molecule has 0 saturated carbocycles. The van der Waals surface area contributed by atoms with Crippen molar-refractivity contribution in [1.29, 1.82) is 0 Å². The van der Waals surface area contributed by atoms with Gasteiger partial charge in [-0.25, -0.2) is 14.8 Å². The van der Waals surface area contributed by atoms with Crippen molar-refractivity contribution in [3.8, 4) is 17.0 Å². The van der Waals surface area contributed by atoms with Crippen LogP contribution in [0.25, 0.3) is 22.2 Å². The van der Waals surface area contributed by atoms with Gasteiger partial charge in [-0.3, -0.25) is 9.36 Å². The van der Waals surface area contributed by atoms with Crippen LogP contribution >= 0.6 is 0 Å². The number of rotatable bonds is 3. The molecule has 4 rings (SSSR count). The number of carbonyl (C=O) groups is 1. The summed E-state index contributed by atoms with van der Waals surface area (Å²) in [4.78, 5) is 38.8. The van der Waals surface area contributed by atoms with E-state index in [-0.39, 0.29) is 24.1 Å². The van der Waals surface area contributed by atoms with E-state index in [4.69, 9.17) is 10.5 Å². The van der Waals surface area contributed by atoms with E-state index in [1.807, 2.05) is 0 Å². The van der Waals surface area contributed by atoms with Crippen molar-refractivity contribution in [1.82, 2.24) is 24.4 Å². The normalized spacial score (nSPS) is 16.3. The average molecular weight is 396 g/mol. The molecule has 3 aromatic heterocycles. The highest BCUT2D eigenvalue weighted by molar-refractivity contribution is 5.84. The number of fused-ring (bicyclic) bond motifs is 1. The Labute approximate surface area is 165 Å². The zero-order valence-corrected chi connectivity index (χ0v) is 16.0. The summed E-state index contributed by atoms with van der Waals surface area (Å²) in [5, 5.41) is 9.98. The highest BCUT2D eigenvalue weighted by atomic mass is 16.5. The molecule has 0 bridgehead atoms. The van der Waals surface area contributed by atoms with E-state index in [1.54, 1.807) is 35.9 Å². The van der Waals surface area contributed by atoms with Crippen LogP contribution in [0, 0.1) is 6.92 Å². The predicted octanol–water partition coefficient (Wildman–Crippen LogP) is 1.68. The number of amides is 1.